The Morgan fingerprint density at radius 1 is 1.33 bits per heavy atom. The number of carbonyl (C=O) groups is 1. The van der Waals surface area contributed by atoms with Gasteiger partial charge in [-0.15, -0.1) is 0 Å². The molecule has 0 aromatic carbocycles. The van der Waals surface area contributed by atoms with Gasteiger partial charge < -0.3 is 10.2 Å². The SMILES string of the molecule is C[C@H](CCN1CCCC1)NC(=O)c1cc(C2CC2)n(C(C)(C)C)n1. The number of aromatic nitrogens is 2. The van der Waals surface area contributed by atoms with Crippen LogP contribution in [0.5, 0.6) is 0 Å². The molecule has 1 aliphatic carbocycles. The third-order valence-corrected chi connectivity index (χ3v) is 5.06. The fraction of sp³-hybridized carbons (Fsp3) is 0.789. The van der Waals surface area contributed by atoms with Crippen molar-refractivity contribution in [3.8, 4) is 0 Å². The molecule has 2 fully saturated rings. The second-order valence-corrected chi connectivity index (χ2v) is 8.52. The van der Waals surface area contributed by atoms with E-state index in [4.69, 9.17) is 0 Å². The lowest BCUT2D eigenvalue weighted by atomic mass is 10.1. The Morgan fingerprint density at radius 3 is 2.58 bits per heavy atom. The van der Waals surface area contributed by atoms with Crippen LogP contribution in [0.4, 0.5) is 0 Å². The number of amides is 1. The maximum atomic E-state index is 12.6. The molecule has 0 spiro atoms. The summed E-state index contributed by atoms with van der Waals surface area (Å²) >= 11 is 0. The Hall–Kier alpha value is -1.36. The number of nitrogens with one attached hydrogen (secondary N) is 1. The first kappa shape index (κ1) is 17.5. The molecule has 0 unspecified atom stereocenters. The highest BCUT2D eigenvalue weighted by atomic mass is 16.2. The molecule has 0 radical (unpaired) electrons. The molecule has 2 aliphatic rings. The van der Waals surface area contributed by atoms with E-state index in [0.29, 0.717) is 11.6 Å². The predicted octanol–water partition coefficient (Wildman–Crippen LogP) is 3.12. The zero-order chi connectivity index (χ0) is 17.3. The normalized spacial score (nSPS) is 20.3. The molecule has 2 heterocycles. The van der Waals surface area contributed by atoms with Crippen LogP contribution < -0.4 is 5.32 Å². The molecule has 1 aromatic heterocycles. The molecule has 0 bridgehead atoms. The number of hydrogen-bond acceptors (Lipinski definition) is 3. The number of likely N-dealkylation sites (tertiary alicyclic amines) is 1. The van der Waals surface area contributed by atoms with Gasteiger partial charge in [-0.3, -0.25) is 9.48 Å². The van der Waals surface area contributed by atoms with Gasteiger partial charge in [0.2, 0.25) is 0 Å². The third-order valence-electron chi connectivity index (χ3n) is 5.06. The van der Waals surface area contributed by atoms with Crippen molar-refractivity contribution in [2.75, 3.05) is 19.6 Å². The van der Waals surface area contributed by atoms with Crippen molar-refractivity contribution in [1.29, 1.82) is 0 Å². The van der Waals surface area contributed by atoms with Crippen LogP contribution in [-0.4, -0.2) is 46.3 Å². The Morgan fingerprint density at radius 2 is 2.00 bits per heavy atom. The van der Waals surface area contributed by atoms with Crippen molar-refractivity contribution in [1.82, 2.24) is 20.0 Å². The van der Waals surface area contributed by atoms with Crippen LogP contribution in [0.2, 0.25) is 0 Å². The summed E-state index contributed by atoms with van der Waals surface area (Å²) in [5.74, 6) is 0.555. The van der Waals surface area contributed by atoms with Gasteiger partial charge in [-0.25, -0.2) is 0 Å². The standard InChI is InChI=1S/C19H32N4O/c1-14(9-12-22-10-5-6-11-22)20-18(24)16-13-17(15-7-8-15)23(21-16)19(2,3)4/h13-15H,5-12H2,1-4H3,(H,20,24)/t14-/m1/s1. The minimum absolute atomic E-state index is 0.0335. The Bertz CT molecular complexity index is 577. The first-order valence-electron chi connectivity index (χ1n) is 9.48. The average molecular weight is 332 g/mol. The summed E-state index contributed by atoms with van der Waals surface area (Å²) in [5.41, 5.74) is 1.70. The van der Waals surface area contributed by atoms with E-state index in [2.05, 4.69) is 47.7 Å². The molecule has 1 aromatic rings. The van der Waals surface area contributed by atoms with Crippen LogP contribution >= 0.6 is 0 Å². The molecule has 5 nitrogen and oxygen atoms in total. The van der Waals surface area contributed by atoms with E-state index in [-0.39, 0.29) is 17.5 Å². The minimum atomic E-state index is -0.0855. The number of nitrogens with zero attached hydrogens (tertiary/aromatic N) is 3. The van der Waals surface area contributed by atoms with Crippen LogP contribution in [-0.2, 0) is 5.54 Å². The molecule has 1 atom stereocenters. The van der Waals surface area contributed by atoms with Gasteiger partial charge >= 0.3 is 0 Å². The van der Waals surface area contributed by atoms with E-state index >= 15 is 0 Å². The topological polar surface area (TPSA) is 50.2 Å². The van der Waals surface area contributed by atoms with Gasteiger partial charge in [0.15, 0.2) is 0 Å². The largest absolute Gasteiger partial charge is 0.348 e. The highest BCUT2D eigenvalue weighted by Crippen LogP contribution is 2.41. The van der Waals surface area contributed by atoms with Gasteiger partial charge in [-0.2, -0.15) is 5.10 Å². The summed E-state index contributed by atoms with van der Waals surface area (Å²) in [4.78, 5) is 15.1. The maximum absolute atomic E-state index is 12.6. The van der Waals surface area contributed by atoms with Crippen molar-refractivity contribution >= 4 is 5.91 Å². The van der Waals surface area contributed by atoms with Crippen molar-refractivity contribution in [3.05, 3.63) is 17.5 Å². The molecule has 24 heavy (non-hydrogen) atoms. The van der Waals surface area contributed by atoms with Gasteiger partial charge in [0.05, 0.1) is 5.54 Å². The first-order valence-corrected chi connectivity index (χ1v) is 9.48. The van der Waals surface area contributed by atoms with E-state index in [1.807, 2.05) is 6.07 Å². The molecular weight excluding hydrogens is 300 g/mol. The zero-order valence-corrected chi connectivity index (χ0v) is 15.6. The van der Waals surface area contributed by atoms with Gasteiger partial charge in [0.1, 0.15) is 5.69 Å². The van der Waals surface area contributed by atoms with Crippen molar-refractivity contribution in [2.24, 2.45) is 0 Å². The van der Waals surface area contributed by atoms with E-state index < -0.39 is 0 Å². The van der Waals surface area contributed by atoms with Gasteiger partial charge in [0, 0.05) is 24.2 Å². The van der Waals surface area contributed by atoms with Crippen molar-refractivity contribution in [2.45, 2.75) is 77.3 Å². The monoisotopic (exact) mass is 332 g/mol. The van der Waals surface area contributed by atoms with Gasteiger partial charge in [0.25, 0.3) is 5.91 Å². The number of hydrogen-bond donors (Lipinski definition) is 1. The minimum Gasteiger partial charge on any atom is -0.348 e. The van der Waals surface area contributed by atoms with Crippen molar-refractivity contribution < 1.29 is 4.79 Å². The fourth-order valence-corrected chi connectivity index (χ4v) is 3.47. The summed E-state index contributed by atoms with van der Waals surface area (Å²) in [6, 6.07) is 2.19. The summed E-state index contributed by atoms with van der Waals surface area (Å²) in [5, 5.41) is 7.76. The van der Waals surface area contributed by atoms with Gasteiger partial charge in [-0.05, 0) is 79.0 Å². The smallest absolute Gasteiger partial charge is 0.271 e. The van der Waals surface area contributed by atoms with E-state index in [9.17, 15) is 4.79 Å². The molecule has 1 saturated carbocycles. The highest BCUT2D eigenvalue weighted by molar-refractivity contribution is 5.92. The van der Waals surface area contributed by atoms with E-state index in [0.717, 1.165) is 13.0 Å². The molecule has 3 rings (SSSR count). The van der Waals surface area contributed by atoms with Gasteiger partial charge in [-0.1, -0.05) is 0 Å². The Kier molecular flexibility index (Phi) is 5.00. The second-order valence-electron chi connectivity index (χ2n) is 8.52. The van der Waals surface area contributed by atoms with Crippen LogP contribution in [0.25, 0.3) is 0 Å². The molecule has 1 N–H and O–H groups in total. The summed E-state index contributed by atoms with van der Waals surface area (Å²) in [7, 11) is 0. The lowest BCUT2D eigenvalue weighted by Gasteiger charge is -2.22. The Balaban J connectivity index is 1.60. The molecule has 134 valence electrons. The number of rotatable bonds is 6. The quantitative estimate of drug-likeness (QED) is 0.871. The second kappa shape index (κ2) is 6.87. The lowest BCUT2D eigenvalue weighted by molar-refractivity contribution is 0.0929. The van der Waals surface area contributed by atoms with Crippen LogP contribution in [0.3, 0.4) is 0 Å². The lowest BCUT2D eigenvalue weighted by Crippen LogP contribution is -2.36. The van der Waals surface area contributed by atoms with Crippen molar-refractivity contribution in [3.63, 3.8) is 0 Å². The maximum Gasteiger partial charge on any atom is 0.271 e. The first-order chi connectivity index (χ1) is 11.3. The summed E-state index contributed by atoms with van der Waals surface area (Å²) in [6.07, 6.45) is 6.06. The molecular formula is C19H32N4O. The summed E-state index contributed by atoms with van der Waals surface area (Å²) < 4.78 is 2.05. The third kappa shape index (κ3) is 4.18. The summed E-state index contributed by atoms with van der Waals surface area (Å²) in [6.45, 7) is 12.0. The molecule has 1 aliphatic heterocycles. The van der Waals surface area contributed by atoms with E-state index in [1.54, 1.807) is 0 Å². The van der Waals surface area contributed by atoms with Crippen LogP contribution in [0, 0.1) is 0 Å². The van der Waals surface area contributed by atoms with E-state index in [1.165, 1.54) is 44.5 Å². The zero-order valence-electron chi connectivity index (χ0n) is 15.6. The highest BCUT2D eigenvalue weighted by Gasteiger charge is 2.32. The van der Waals surface area contributed by atoms with Crippen LogP contribution in [0.15, 0.2) is 6.07 Å². The molecule has 5 heteroatoms. The Labute approximate surface area is 145 Å². The average Bonchev–Trinajstić information content (AvgIpc) is 3.03. The predicted molar refractivity (Wildman–Crippen MR) is 96.4 cm³/mol. The van der Waals surface area contributed by atoms with Crippen LogP contribution in [0.1, 0.15) is 81.9 Å². The molecule has 1 amide bonds. The number of carbonyl (C=O) groups excluding carboxylic acids is 1. The molecule has 1 saturated heterocycles. The fourth-order valence-electron chi connectivity index (χ4n) is 3.47.